The molecular weight excluding hydrogens is 198 g/mol. The first-order chi connectivity index (χ1) is 6.30. The average molecular weight is 215 g/mol. The van der Waals surface area contributed by atoms with E-state index in [2.05, 4.69) is 26.0 Å². The van der Waals surface area contributed by atoms with Crippen LogP contribution in [0.25, 0.3) is 0 Å². The van der Waals surface area contributed by atoms with Crippen molar-refractivity contribution in [2.24, 2.45) is 5.41 Å². The van der Waals surface area contributed by atoms with Gasteiger partial charge in [-0.25, -0.2) is 8.42 Å². The van der Waals surface area contributed by atoms with Crippen LogP contribution in [0.5, 0.6) is 0 Å². The number of rotatable bonds is 1. The predicted octanol–water partition coefficient (Wildman–Crippen LogP) is 1.38. The van der Waals surface area contributed by atoms with Gasteiger partial charge in [-0.2, -0.15) is 4.31 Å². The van der Waals surface area contributed by atoms with Crippen molar-refractivity contribution in [2.75, 3.05) is 12.8 Å². The Bertz CT molecular complexity index is 387. The minimum atomic E-state index is -3.03. The van der Waals surface area contributed by atoms with Gasteiger partial charge in [-0.15, -0.1) is 0 Å². The van der Waals surface area contributed by atoms with Crippen LogP contribution in [0.3, 0.4) is 0 Å². The number of allylic oxidation sites excluding steroid dienone is 1. The molecule has 1 heterocycles. The Morgan fingerprint density at radius 3 is 2.29 bits per heavy atom. The topological polar surface area (TPSA) is 37.4 Å². The van der Waals surface area contributed by atoms with Crippen molar-refractivity contribution in [3.63, 3.8) is 0 Å². The summed E-state index contributed by atoms with van der Waals surface area (Å²) in [4.78, 5) is 0. The molecule has 4 heteroatoms. The Labute approximate surface area is 85.8 Å². The minimum Gasteiger partial charge on any atom is -0.212 e. The van der Waals surface area contributed by atoms with E-state index in [1.165, 1.54) is 6.26 Å². The van der Waals surface area contributed by atoms with E-state index >= 15 is 0 Å². The van der Waals surface area contributed by atoms with Gasteiger partial charge in [-0.1, -0.05) is 19.1 Å². The van der Waals surface area contributed by atoms with Crippen molar-refractivity contribution in [3.05, 3.63) is 12.2 Å². The van der Waals surface area contributed by atoms with Gasteiger partial charge in [0.15, 0.2) is 0 Å². The molecule has 14 heavy (non-hydrogen) atoms. The molecule has 0 aromatic heterocycles. The van der Waals surface area contributed by atoms with E-state index in [0.29, 0.717) is 6.54 Å². The third-order valence-corrected chi connectivity index (χ3v) is 5.33. The van der Waals surface area contributed by atoms with Gasteiger partial charge < -0.3 is 0 Å². The molecule has 0 aromatic rings. The minimum absolute atomic E-state index is 0.144. The zero-order chi connectivity index (χ0) is 10.6. The van der Waals surface area contributed by atoms with Crippen molar-refractivity contribution < 1.29 is 8.42 Å². The van der Waals surface area contributed by atoms with Crippen LogP contribution >= 0.6 is 0 Å². The lowest BCUT2D eigenvalue weighted by Crippen LogP contribution is -2.73. The van der Waals surface area contributed by atoms with Crippen LogP contribution in [0.1, 0.15) is 26.7 Å². The molecule has 2 atom stereocenters. The fourth-order valence-electron chi connectivity index (χ4n) is 2.64. The summed E-state index contributed by atoms with van der Waals surface area (Å²) in [6.07, 6.45) is 7.41. The third kappa shape index (κ3) is 1.10. The Morgan fingerprint density at radius 1 is 1.21 bits per heavy atom. The fourth-order valence-corrected chi connectivity index (χ4v) is 4.19. The van der Waals surface area contributed by atoms with E-state index in [-0.39, 0.29) is 11.0 Å². The summed E-state index contributed by atoms with van der Waals surface area (Å²) in [5.74, 6) is 0. The SMILES string of the molecule is C[C@]12CC=CC[C@]1(C)N(S(C)(=O)=O)C2. The molecule has 2 rings (SSSR count). The molecular formula is C10H17NO2S. The van der Waals surface area contributed by atoms with Crippen molar-refractivity contribution in [2.45, 2.75) is 32.2 Å². The molecule has 1 aliphatic heterocycles. The second kappa shape index (κ2) is 2.61. The quantitative estimate of drug-likeness (QED) is 0.620. The Kier molecular flexibility index (Phi) is 1.90. The highest BCUT2D eigenvalue weighted by atomic mass is 32.2. The highest BCUT2D eigenvalue weighted by molar-refractivity contribution is 7.88. The summed E-state index contributed by atoms with van der Waals surface area (Å²) in [6, 6.07) is 0. The van der Waals surface area contributed by atoms with E-state index in [4.69, 9.17) is 0 Å². The Morgan fingerprint density at radius 2 is 1.79 bits per heavy atom. The van der Waals surface area contributed by atoms with E-state index < -0.39 is 10.0 Å². The van der Waals surface area contributed by atoms with Gasteiger partial charge in [0.25, 0.3) is 0 Å². The molecule has 0 radical (unpaired) electrons. The summed E-state index contributed by atoms with van der Waals surface area (Å²) in [7, 11) is -3.03. The van der Waals surface area contributed by atoms with Crippen LogP contribution in [0.4, 0.5) is 0 Å². The normalized spacial score (nSPS) is 43.1. The summed E-state index contributed by atoms with van der Waals surface area (Å²) in [6.45, 7) is 4.91. The van der Waals surface area contributed by atoms with Gasteiger partial charge in [0.1, 0.15) is 0 Å². The fraction of sp³-hybridized carbons (Fsp3) is 0.800. The zero-order valence-electron chi connectivity index (χ0n) is 8.95. The van der Waals surface area contributed by atoms with E-state index in [9.17, 15) is 8.42 Å². The standard InChI is InChI=1S/C10H17NO2S/c1-9-6-4-5-7-10(9,2)11(8-9)14(3,12)13/h4-5H,6-8H2,1-3H3/t9-,10+/m1/s1. The highest BCUT2D eigenvalue weighted by Gasteiger charge is 2.61. The first-order valence-electron chi connectivity index (χ1n) is 4.92. The lowest BCUT2D eigenvalue weighted by atomic mass is 9.59. The van der Waals surface area contributed by atoms with Crippen molar-refractivity contribution in [3.8, 4) is 0 Å². The van der Waals surface area contributed by atoms with Crippen LogP contribution in [0, 0.1) is 5.41 Å². The maximum atomic E-state index is 11.5. The molecule has 2 aliphatic rings. The maximum absolute atomic E-state index is 11.5. The van der Waals surface area contributed by atoms with Crippen molar-refractivity contribution >= 4 is 10.0 Å². The molecule has 0 aromatic carbocycles. The average Bonchev–Trinajstić information content (AvgIpc) is 2.04. The molecule has 0 unspecified atom stereocenters. The highest BCUT2D eigenvalue weighted by Crippen LogP contribution is 2.54. The molecule has 0 N–H and O–H groups in total. The van der Waals surface area contributed by atoms with Gasteiger partial charge in [0.05, 0.1) is 6.26 Å². The maximum Gasteiger partial charge on any atom is 0.211 e. The third-order valence-electron chi connectivity index (χ3n) is 3.99. The van der Waals surface area contributed by atoms with Crippen LogP contribution in [0.15, 0.2) is 12.2 Å². The molecule has 80 valence electrons. The zero-order valence-corrected chi connectivity index (χ0v) is 9.76. The van der Waals surface area contributed by atoms with Crippen LogP contribution < -0.4 is 0 Å². The number of sulfonamides is 1. The van der Waals surface area contributed by atoms with E-state index in [1.807, 2.05) is 0 Å². The predicted molar refractivity (Wildman–Crippen MR) is 56.4 cm³/mol. The number of hydrogen-bond donors (Lipinski definition) is 0. The summed E-state index contributed by atoms with van der Waals surface area (Å²) in [5.41, 5.74) is -0.0415. The van der Waals surface area contributed by atoms with Gasteiger partial charge in [-0.3, -0.25) is 0 Å². The Hall–Kier alpha value is -0.350. The van der Waals surface area contributed by atoms with Gasteiger partial charge in [-0.05, 0) is 19.8 Å². The second-order valence-electron chi connectivity index (χ2n) is 4.98. The second-order valence-corrected chi connectivity index (χ2v) is 6.89. The molecule has 0 spiro atoms. The molecule has 0 bridgehead atoms. The van der Waals surface area contributed by atoms with E-state index in [0.717, 1.165) is 12.8 Å². The van der Waals surface area contributed by atoms with Crippen molar-refractivity contribution in [1.29, 1.82) is 0 Å². The molecule has 1 saturated heterocycles. The number of fused-ring (bicyclic) bond motifs is 1. The van der Waals surface area contributed by atoms with Crippen LogP contribution in [0.2, 0.25) is 0 Å². The summed E-state index contributed by atoms with van der Waals surface area (Å²) < 4.78 is 24.7. The summed E-state index contributed by atoms with van der Waals surface area (Å²) in [5, 5.41) is 0. The first-order valence-corrected chi connectivity index (χ1v) is 6.77. The first kappa shape index (κ1) is 10.2. The Balaban J connectivity index is 2.36. The monoisotopic (exact) mass is 215 g/mol. The van der Waals surface area contributed by atoms with Gasteiger partial charge >= 0.3 is 0 Å². The van der Waals surface area contributed by atoms with Crippen LogP contribution in [-0.4, -0.2) is 31.1 Å². The lowest BCUT2D eigenvalue weighted by Gasteiger charge is -2.63. The molecule has 3 nitrogen and oxygen atoms in total. The smallest absolute Gasteiger partial charge is 0.211 e. The summed E-state index contributed by atoms with van der Waals surface area (Å²) >= 11 is 0. The van der Waals surface area contributed by atoms with Crippen LogP contribution in [-0.2, 0) is 10.0 Å². The molecule has 0 saturated carbocycles. The molecule has 1 aliphatic carbocycles. The number of nitrogens with zero attached hydrogens (tertiary/aromatic N) is 1. The molecule has 1 fully saturated rings. The molecule has 0 amide bonds. The van der Waals surface area contributed by atoms with Crippen molar-refractivity contribution in [1.82, 2.24) is 4.31 Å². The van der Waals surface area contributed by atoms with E-state index in [1.54, 1.807) is 4.31 Å². The lowest BCUT2D eigenvalue weighted by molar-refractivity contribution is -0.0803. The van der Waals surface area contributed by atoms with Gasteiger partial charge in [0, 0.05) is 17.5 Å². The number of hydrogen-bond acceptors (Lipinski definition) is 2. The van der Waals surface area contributed by atoms with Gasteiger partial charge in [0.2, 0.25) is 10.0 Å². The largest absolute Gasteiger partial charge is 0.212 e.